The zero-order valence-electron chi connectivity index (χ0n) is 31.5. The van der Waals surface area contributed by atoms with Crippen molar-refractivity contribution < 1.29 is 0 Å². The molecule has 0 amide bonds. The summed E-state index contributed by atoms with van der Waals surface area (Å²) < 4.78 is 0. The summed E-state index contributed by atoms with van der Waals surface area (Å²) in [4.78, 5) is 4.82. The third kappa shape index (κ3) is 5.91. The largest absolute Gasteiger partial charge is 0.310 e. The highest BCUT2D eigenvalue weighted by Gasteiger charge is 2.47. The number of benzene rings is 9. The molecule has 2 nitrogen and oxygen atoms in total. The van der Waals surface area contributed by atoms with E-state index in [0.717, 1.165) is 45.3 Å². The van der Waals surface area contributed by atoms with Gasteiger partial charge in [0, 0.05) is 34.0 Å². The molecule has 1 aliphatic rings. The second-order valence-corrected chi connectivity index (χ2v) is 14.5. The van der Waals surface area contributed by atoms with Gasteiger partial charge in [-0.25, -0.2) is 0 Å². The molecule has 2 heteroatoms. The van der Waals surface area contributed by atoms with Crippen molar-refractivity contribution in [2.75, 3.05) is 9.80 Å². The Labute approximate surface area is 335 Å². The molecule has 0 aromatic heterocycles. The molecule has 0 unspecified atom stereocenters. The standard InChI is InChI=1S/C55H40N2/c1-7-22-41(23-8-1)42-38-48(56(45-28-13-4-14-29-45)46-30-15-5-16-31-46)40-49(39-42)57(47-32-17-6-18-33-47)53-37-21-36-52-54(53)50-34-19-20-35-51(50)55(52,43-24-9-2-10-25-43)44-26-11-3-12-27-44/h1-40H. The second-order valence-electron chi connectivity index (χ2n) is 14.5. The summed E-state index contributed by atoms with van der Waals surface area (Å²) in [6.45, 7) is 0. The third-order valence-corrected chi connectivity index (χ3v) is 11.3. The molecule has 0 heterocycles. The fourth-order valence-electron chi connectivity index (χ4n) is 8.92. The molecule has 0 saturated heterocycles. The monoisotopic (exact) mass is 728 g/mol. The maximum Gasteiger partial charge on any atom is 0.0714 e. The van der Waals surface area contributed by atoms with Crippen molar-refractivity contribution in [3.63, 3.8) is 0 Å². The maximum absolute atomic E-state index is 2.46. The van der Waals surface area contributed by atoms with Gasteiger partial charge in [0.2, 0.25) is 0 Å². The summed E-state index contributed by atoms with van der Waals surface area (Å²) in [5.41, 5.74) is 15.9. The summed E-state index contributed by atoms with van der Waals surface area (Å²) in [5, 5.41) is 0. The lowest BCUT2D eigenvalue weighted by Gasteiger charge is -2.34. The topological polar surface area (TPSA) is 6.48 Å². The summed E-state index contributed by atoms with van der Waals surface area (Å²) in [5.74, 6) is 0. The molecule has 0 saturated carbocycles. The fraction of sp³-hybridized carbons (Fsp3) is 0.0182. The van der Waals surface area contributed by atoms with E-state index >= 15 is 0 Å². The average molecular weight is 729 g/mol. The lowest BCUT2D eigenvalue weighted by molar-refractivity contribution is 0.768. The van der Waals surface area contributed by atoms with Crippen molar-refractivity contribution >= 4 is 34.1 Å². The molecule has 0 radical (unpaired) electrons. The maximum atomic E-state index is 2.46. The van der Waals surface area contributed by atoms with E-state index in [0.29, 0.717) is 0 Å². The van der Waals surface area contributed by atoms with Gasteiger partial charge in [-0.15, -0.1) is 0 Å². The number of fused-ring (bicyclic) bond motifs is 3. The molecule has 1 aliphatic carbocycles. The Kier molecular flexibility index (Phi) is 8.78. The molecule has 0 N–H and O–H groups in total. The van der Waals surface area contributed by atoms with Gasteiger partial charge in [0.15, 0.2) is 0 Å². The molecule has 10 rings (SSSR count). The minimum atomic E-state index is -0.513. The van der Waals surface area contributed by atoms with Gasteiger partial charge in [0.05, 0.1) is 11.1 Å². The molecular formula is C55H40N2. The first-order valence-electron chi connectivity index (χ1n) is 19.6. The van der Waals surface area contributed by atoms with Crippen molar-refractivity contribution in [2.24, 2.45) is 0 Å². The summed E-state index contributed by atoms with van der Waals surface area (Å²) in [6.07, 6.45) is 0. The van der Waals surface area contributed by atoms with E-state index in [1.165, 1.54) is 33.4 Å². The molecular weight excluding hydrogens is 689 g/mol. The average Bonchev–Trinajstić information content (AvgIpc) is 3.60. The molecule has 0 aliphatic heterocycles. The summed E-state index contributed by atoms with van der Waals surface area (Å²) >= 11 is 0. The van der Waals surface area contributed by atoms with E-state index in [1.807, 2.05) is 0 Å². The number of para-hydroxylation sites is 3. The highest BCUT2D eigenvalue weighted by atomic mass is 15.2. The van der Waals surface area contributed by atoms with Crippen LogP contribution >= 0.6 is 0 Å². The molecule has 0 spiro atoms. The van der Waals surface area contributed by atoms with Gasteiger partial charge >= 0.3 is 0 Å². The van der Waals surface area contributed by atoms with Crippen LogP contribution < -0.4 is 9.80 Å². The van der Waals surface area contributed by atoms with E-state index in [9.17, 15) is 0 Å². The Bertz CT molecular complexity index is 2690. The number of nitrogens with zero attached hydrogens (tertiary/aromatic N) is 2. The minimum absolute atomic E-state index is 0.513. The van der Waals surface area contributed by atoms with Gasteiger partial charge in [0.25, 0.3) is 0 Å². The van der Waals surface area contributed by atoms with Crippen LogP contribution in [0.25, 0.3) is 22.3 Å². The van der Waals surface area contributed by atoms with Crippen molar-refractivity contribution in [1.29, 1.82) is 0 Å². The Balaban J connectivity index is 1.28. The van der Waals surface area contributed by atoms with Crippen molar-refractivity contribution in [3.05, 3.63) is 265 Å². The van der Waals surface area contributed by atoms with Crippen molar-refractivity contribution in [3.8, 4) is 22.3 Å². The van der Waals surface area contributed by atoms with Crippen molar-refractivity contribution in [2.45, 2.75) is 5.41 Å². The molecule has 57 heavy (non-hydrogen) atoms. The van der Waals surface area contributed by atoms with Gasteiger partial charge in [-0.3, -0.25) is 0 Å². The predicted molar refractivity (Wildman–Crippen MR) is 239 cm³/mol. The van der Waals surface area contributed by atoms with E-state index in [2.05, 4.69) is 252 Å². The van der Waals surface area contributed by atoms with Gasteiger partial charge in [-0.05, 0) is 99.6 Å². The highest BCUT2D eigenvalue weighted by Crippen LogP contribution is 2.59. The molecule has 0 bridgehead atoms. The van der Waals surface area contributed by atoms with Crippen molar-refractivity contribution in [1.82, 2.24) is 0 Å². The quantitative estimate of drug-likeness (QED) is 0.146. The van der Waals surface area contributed by atoms with Crippen LogP contribution in [0.1, 0.15) is 22.3 Å². The van der Waals surface area contributed by atoms with Crippen LogP contribution in [0.2, 0.25) is 0 Å². The molecule has 270 valence electrons. The molecule has 0 fully saturated rings. The zero-order chi connectivity index (χ0) is 38.0. The highest BCUT2D eigenvalue weighted by molar-refractivity contribution is 5.98. The smallest absolute Gasteiger partial charge is 0.0714 e. The Hall–Kier alpha value is -7.42. The summed E-state index contributed by atoms with van der Waals surface area (Å²) in [7, 11) is 0. The Morgan fingerprint density at radius 1 is 0.281 bits per heavy atom. The molecule has 9 aromatic rings. The van der Waals surface area contributed by atoms with E-state index in [-0.39, 0.29) is 0 Å². The van der Waals surface area contributed by atoms with Crippen LogP contribution in [0.5, 0.6) is 0 Å². The predicted octanol–water partition coefficient (Wildman–Crippen LogP) is 14.7. The van der Waals surface area contributed by atoms with Gasteiger partial charge in [-0.1, -0.05) is 182 Å². The fourth-order valence-corrected chi connectivity index (χ4v) is 8.92. The van der Waals surface area contributed by atoms with Crippen LogP contribution in [-0.2, 0) is 5.41 Å². The second kappa shape index (κ2) is 14.7. The van der Waals surface area contributed by atoms with Crippen LogP contribution in [0.3, 0.4) is 0 Å². The van der Waals surface area contributed by atoms with Gasteiger partial charge in [0.1, 0.15) is 0 Å². The Morgan fingerprint density at radius 2 is 0.702 bits per heavy atom. The first-order valence-corrected chi connectivity index (χ1v) is 19.6. The van der Waals surface area contributed by atoms with Crippen LogP contribution in [-0.4, -0.2) is 0 Å². The van der Waals surface area contributed by atoms with E-state index < -0.39 is 5.41 Å². The van der Waals surface area contributed by atoms with Gasteiger partial charge in [-0.2, -0.15) is 0 Å². The SMILES string of the molecule is c1ccc(-c2cc(N(c3ccccc3)c3ccccc3)cc(N(c3ccccc3)c3cccc4c3-c3ccccc3C4(c3ccccc3)c3ccccc3)c2)cc1. The lowest BCUT2D eigenvalue weighted by Crippen LogP contribution is -2.28. The first kappa shape index (κ1) is 34.1. The van der Waals surface area contributed by atoms with Gasteiger partial charge < -0.3 is 9.80 Å². The van der Waals surface area contributed by atoms with E-state index in [1.54, 1.807) is 0 Å². The number of rotatable bonds is 9. The van der Waals surface area contributed by atoms with E-state index in [4.69, 9.17) is 0 Å². The number of hydrogen-bond acceptors (Lipinski definition) is 2. The minimum Gasteiger partial charge on any atom is -0.310 e. The third-order valence-electron chi connectivity index (χ3n) is 11.3. The van der Waals surface area contributed by atoms with Crippen LogP contribution in [0.4, 0.5) is 34.1 Å². The number of hydrogen-bond donors (Lipinski definition) is 0. The lowest BCUT2D eigenvalue weighted by atomic mass is 9.68. The van der Waals surface area contributed by atoms with Crippen LogP contribution in [0.15, 0.2) is 243 Å². The molecule has 9 aromatic carbocycles. The normalized spacial score (nSPS) is 12.4. The summed E-state index contributed by atoms with van der Waals surface area (Å²) in [6, 6.07) is 87.9. The Morgan fingerprint density at radius 3 is 1.25 bits per heavy atom. The van der Waals surface area contributed by atoms with Crippen LogP contribution in [0, 0.1) is 0 Å². The number of anilines is 6. The zero-order valence-corrected chi connectivity index (χ0v) is 31.5. The first-order chi connectivity index (χ1) is 28.3. The molecule has 0 atom stereocenters.